The SMILES string of the molecule is COC(=O)c1cc(OC)c(OC)cc1NS(=O)(=O)c1ccc(C)c(C(=O)NC2CCCCC2)c1. The third-order valence-electron chi connectivity index (χ3n) is 5.88. The molecule has 1 saturated carbocycles. The van der Waals surface area contributed by atoms with Gasteiger partial charge in [0, 0.05) is 23.7 Å². The van der Waals surface area contributed by atoms with Gasteiger partial charge >= 0.3 is 5.97 Å². The van der Waals surface area contributed by atoms with Crippen LogP contribution in [0.25, 0.3) is 0 Å². The highest BCUT2D eigenvalue weighted by molar-refractivity contribution is 7.92. The monoisotopic (exact) mass is 490 g/mol. The maximum Gasteiger partial charge on any atom is 0.340 e. The van der Waals surface area contributed by atoms with Crippen LogP contribution in [0, 0.1) is 6.92 Å². The summed E-state index contributed by atoms with van der Waals surface area (Å²) < 4.78 is 44.1. The molecule has 0 aliphatic heterocycles. The van der Waals surface area contributed by atoms with Crippen molar-refractivity contribution in [3.8, 4) is 11.5 Å². The Morgan fingerprint density at radius 2 is 1.56 bits per heavy atom. The Labute approximate surface area is 199 Å². The first kappa shape index (κ1) is 25.4. The van der Waals surface area contributed by atoms with Crippen LogP contribution in [0.4, 0.5) is 5.69 Å². The number of hydrogen-bond acceptors (Lipinski definition) is 7. The van der Waals surface area contributed by atoms with Gasteiger partial charge in [0.25, 0.3) is 15.9 Å². The second-order valence-electron chi connectivity index (χ2n) is 8.13. The lowest BCUT2D eigenvalue weighted by atomic mass is 9.95. The summed E-state index contributed by atoms with van der Waals surface area (Å²) in [6.07, 6.45) is 5.13. The molecule has 9 nitrogen and oxygen atoms in total. The van der Waals surface area contributed by atoms with E-state index in [2.05, 4.69) is 10.0 Å². The van der Waals surface area contributed by atoms with E-state index in [1.165, 1.54) is 45.6 Å². The van der Waals surface area contributed by atoms with Crippen molar-refractivity contribution in [2.75, 3.05) is 26.1 Å². The van der Waals surface area contributed by atoms with Crippen LogP contribution in [0.2, 0.25) is 0 Å². The molecule has 3 rings (SSSR count). The van der Waals surface area contributed by atoms with Crippen LogP contribution in [-0.2, 0) is 14.8 Å². The zero-order valence-electron chi connectivity index (χ0n) is 19.8. The predicted octanol–water partition coefficient (Wildman–Crippen LogP) is 3.66. The van der Waals surface area contributed by atoms with E-state index in [1.54, 1.807) is 13.0 Å². The Bertz CT molecular complexity index is 1170. The minimum atomic E-state index is -4.16. The standard InChI is InChI=1S/C24H30N2O7S/c1-15-10-11-17(12-18(15)23(27)25-16-8-6-5-7-9-16)34(29,30)26-20-14-22(32-3)21(31-2)13-19(20)24(28)33-4/h10-14,16,26H,5-9H2,1-4H3,(H,25,27). The first-order chi connectivity index (χ1) is 16.2. The molecule has 0 atom stereocenters. The summed E-state index contributed by atoms with van der Waals surface area (Å²) >= 11 is 0. The number of esters is 1. The molecule has 184 valence electrons. The number of rotatable bonds is 8. The summed E-state index contributed by atoms with van der Waals surface area (Å²) in [6.45, 7) is 1.75. The van der Waals surface area contributed by atoms with Crippen molar-refractivity contribution in [3.63, 3.8) is 0 Å². The van der Waals surface area contributed by atoms with Crippen molar-refractivity contribution in [1.82, 2.24) is 5.32 Å². The number of carbonyl (C=O) groups excluding carboxylic acids is 2. The van der Waals surface area contributed by atoms with Crippen LogP contribution in [0.15, 0.2) is 35.2 Å². The Balaban J connectivity index is 1.94. The van der Waals surface area contributed by atoms with Crippen LogP contribution in [0.5, 0.6) is 11.5 Å². The Morgan fingerprint density at radius 1 is 0.912 bits per heavy atom. The summed E-state index contributed by atoms with van der Waals surface area (Å²) in [7, 11) is -0.181. The molecule has 0 spiro atoms. The molecule has 1 aliphatic carbocycles. The third-order valence-corrected chi connectivity index (χ3v) is 7.24. The lowest BCUT2D eigenvalue weighted by Crippen LogP contribution is -2.36. The van der Waals surface area contributed by atoms with Gasteiger partial charge in [-0.3, -0.25) is 9.52 Å². The van der Waals surface area contributed by atoms with E-state index >= 15 is 0 Å². The molecule has 1 aliphatic rings. The van der Waals surface area contributed by atoms with Crippen molar-refractivity contribution in [2.45, 2.75) is 50.0 Å². The molecule has 0 saturated heterocycles. The maximum atomic E-state index is 13.2. The van der Waals surface area contributed by atoms with Gasteiger partial charge in [0.15, 0.2) is 11.5 Å². The van der Waals surface area contributed by atoms with E-state index in [9.17, 15) is 18.0 Å². The third kappa shape index (κ3) is 5.61. The van der Waals surface area contributed by atoms with Gasteiger partial charge in [-0.1, -0.05) is 25.3 Å². The van der Waals surface area contributed by atoms with Gasteiger partial charge < -0.3 is 19.5 Å². The predicted molar refractivity (Wildman–Crippen MR) is 127 cm³/mol. The first-order valence-corrected chi connectivity index (χ1v) is 12.5. The molecule has 0 bridgehead atoms. The largest absolute Gasteiger partial charge is 0.493 e. The van der Waals surface area contributed by atoms with Crippen molar-refractivity contribution in [1.29, 1.82) is 0 Å². The second-order valence-corrected chi connectivity index (χ2v) is 9.82. The molecular weight excluding hydrogens is 460 g/mol. The van der Waals surface area contributed by atoms with E-state index in [4.69, 9.17) is 14.2 Å². The van der Waals surface area contributed by atoms with Gasteiger partial charge in [0.05, 0.1) is 37.5 Å². The van der Waals surface area contributed by atoms with E-state index in [0.717, 1.165) is 32.1 Å². The number of anilines is 1. The summed E-state index contributed by atoms with van der Waals surface area (Å²) in [5, 5.41) is 3.02. The zero-order chi connectivity index (χ0) is 24.9. The quantitative estimate of drug-likeness (QED) is 0.542. The van der Waals surface area contributed by atoms with Crippen molar-refractivity contribution < 1.29 is 32.2 Å². The van der Waals surface area contributed by atoms with Gasteiger partial charge in [-0.2, -0.15) is 0 Å². The van der Waals surface area contributed by atoms with Gasteiger partial charge in [-0.25, -0.2) is 13.2 Å². The fraction of sp³-hybridized carbons (Fsp3) is 0.417. The Morgan fingerprint density at radius 3 is 2.18 bits per heavy atom. The molecule has 0 radical (unpaired) electrons. The van der Waals surface area contributed by atoms with Crippen molar-refractivity contribution in [3.05, 3.63) is 47.0 Å². The molecule has 34 heavy (non-hydrogen) atoms. The lowest BCUT2D eigenvalue weighted by Gasteiger charge is -2.23. The number of ether oxygens (including phenoxy) is 3. The van der Waals surface area contributed by atoms with Gasteiger partial charge in [-0.05, 0) is 37.5 Å². The Hall–Kier alpha value is -3.27. The number of hydrogen-bond donors (Lipinski definition) is 2. The van der Waals surface area contributed by atoms with E-state index < -0.39 is 16.0 Å². The first-order valence-electron chi connectivity index (χ1n) is 11.0. The van der Waals surface area contributed by atoms with Crippen molar-refractivity contribution >= 4 is 27.6 Å². The van der Waals surface area contributed by atoms with Gasteiger partial charge in [-0.15, -0.1) is 0 Å². The lowest BCUT2D eigenvalue weighted by molar-refractivity contribution is 0.0601. The highest BCUT2D eigenvalue weighted by atomic mass is 32.2. The molecule has 0 unspecified atom stereocenters. The smallest absolute Gasteiger partial charge is 0.340 e. The molecule has 1 fully saturated rings. The summed E-state index contributed by atoms with van der Waals surface area (Å²) in [5.74, 6) is -0.593. The zero-order valence-corrected chi connectivity index (χ0v) is 20.6. The van der Waals surface area contributed by atoms with Gasteiger partial charge in [0.1, 0.15) is 0 Å². The molecule has 2 N–H and O–H groups in total. The molecule has 1 amide bonds. The minimum absolute atomic E-state index is 0.0433. The molecule has 2 aromatic carbocycles. The van der Waals surface area contributed by atoms with Gasteiger partial charge in [0.2, 0.25) is 0 Å². The van der Waals surface area contributed by atoms with Crippen LogP contribution < -0.4 is 19.5 Å². The molecule has 2 aromatic rings. The van der Waals surface area contributed by atoms with Crippen molar-refractivity contribution in [2.24, 2.45) is 0 Å². The number of benzene rings is 2. The minimum Gasteiger partial charge on any atom is -0.493 e. The molecule has 0 heterocycles. The normalized spacial score (nSPS) is 14.2. The summed E-state index contributed by atoms with van der Waals surface area (Å²) in [5.41, 5.74) is 0.854. The fourth-order valence-corrected chi connectivity index (χ4v) is 5.07. The fourth-order valence-electron chi connectivity index (χ4n) is 3.97. The van der Waals surface area contributed by atoms with Crippen LogP contribution in [0.1, 0.15) is 58.4 Å². The van der Waals surface area contributed by atoms with Crippen LogP contribution in [-0.4, -0.2) is 47.7 Å². The number of carbonyl (C=O) groups is 2. The topological polar surface area (TPSA) is 120 Å². The average Bonchev–Trinajstić information content (AvgIpc) is 2.83. The average molecular weight is 491 g/mol. The molecular formula is C24H30N2O7S. The van der Waals surface area contributed by atoms with Crippen LogP contribution in [0.3, 0.4) is 0 Å². The van der Waals surface area contributed by atoms with Crippen LogP contribution >= 0.6 is 0 Å². The summed E-state index contributed by atoms with van der Waals surface area (Å²) in [6, 6.07) is 7.10. The number of methoxy groups -OCH3 is 3. The van der Waals surface area contributed by atoms with E-state index in [0.29, 0.717) is 5.56 Å². The Kier molecular flexibility index (Phi) is 8.03. The number of amides is 1. The highest BCUT2D eigenvalue weighted by Gasteiger charge is 2.24. The molecule has 10 heteroatoms. The highest BCUT2D eigenvalue weighted by Crippen LogP contribution is 2.35. The number of sulfonamides is 1. The van der Waals surface area contributed by atoms with E-state index in [1.807, 2.05) is 0 Å². The molecule has 0 aromatic heterocycles. The number of aryl methyl sites for hydroxylation is 1. The number of nitrogens with one attached hydrogen (secondary N) is 2. The summed E-state index contributed by atoms with van der Waals surface area (Å²) in [4.78, 5) is 25.1. The maximum absolute atomic E-state index is 13.2. The second kappa shape index (κ2) is 10.8. The van der Waals surface area contributed by atoms with E-state index in [-0.39, 0.29) is 45.2 Å².